The van der Waals surface area contributed by atoms with Crippen LogP contribution in [-0.4, -0.2) is 36.7 Å². The second kappa shape index (κ2) is 7.89. The van der Waals surface area contributed by atoms with Crippen LogP contribution in [0.5, 0.6) is 0 Å². The summed E-state index contributed by atoms with van der Waals surface area (Å²) in [5.74, 6) is 0. The Labute approximate surface area is 142 Å². The van der Waals surface area contributed by atoms with Gasteiger partial charge in [-0.15, -0.1) is 0 Å². The van der Waals surface area contributed by atoms with Crippen molar-refractivity contribution in [1.29, 1.82) is 0 Å². The molecule has 0 aliphatic heterocycles. The molecule has 1 aliphatic rings. The van der Waals surface area contributed by atoms with Crippen molar-refractivity contribution in [1.82, 2.24) is 0 Å². The van der Waals surface area contributed by atoms with Crippen LogP contribution in [-0.2, 0) is 12.9 Å². The normalized spacial score (nSPS) is 24.8. The number of hydrogen-bond donors (Lipinski definition) is 0. The molecule has 1 aliphatic carbocycles. The molecule has 2 atom stereocenters. The molecule has 0 aromatic rings. The van der Waals surface area contributed by atoms with Crippen LogP contribution >= 0.6 is 8.38 Å². The molecule has 0 aromatic carbocycles. The lowest BCUT2D eigenvalue weighted by molar-refractivity contribution is 0.146. The molecule has 1 fully saturated rings. The van der Waals surface area contributed by atoms with Gasteiger partial charge in [0.25, 0.3) is 0 Å². The second-order valence-corrected chi connectivity index (χ2v) is 24.9. The van der Waals surface area contributed by atoms with Crippen molar-refractivity contribution in [2.45, 2.75) is 96.4 Å². The smallest absolute Gasteiger partial charge is 0.191 e. The zero-order valence-electron chi connectivity index (χ0n) is 16.2. The van der Waals surface area contributed by atoms with Gasteiger partial charge in [0.1, 0.15) is 0 Å². The summed E-state index contributed by atoms with van der Waals surface area (Å²) >= 11 is 0. The highest BCUT2D eigenvalue weighted by atomic mass is 31.2. The molecule has 0 aromatic heterocycles. The van der Waals surface area contributed by atoms with Crippen molar-refractivity contribution in [3.63, 3.8) is 0 Å². The molecule has 22 heavy (non-hydrogen) atoms. The first-order valence-electron chi connectivity index (χ1n) is 8.62. The van der Waals surface area contributed by atoms with Gasteiger partial charge in [-0.05, 0) is 71.8 Å². The predicted molar refractivity (Wildman–Crippen MR) is 106 cm³/mol. The van der Waals surface area contributed by atoms with Gasteiger partial charge in [-0.25, -0.2) is 0 Å². The molecule has 0 bridgehead atoms. The SMILES string of the molecule is C[Si](C)(C)OC1CCCCC1P(O[Si](C)(C)C)O[Si](C)(C)C. The van der Waals surface area contributed by atoms with Crippen molar-refractivity contribution in [3.05, 3.63) is 0 Å². The van der Waals surface area contributed by atoms with Crippen LogP contribution in [0.15, 0.2) is 0 Å². The molecule has 7 heteroatoms. The fourth-order valence-corrected chi connectivity index (χ4v) is 10.7. The minimum atomic E-state index is -1.61. The molecular formula is C15H37O3PSi3. The van der Waals surface area contributed by atoms with Gasteiger partial charge in [0, 0.05) is 0 Å². The third-order valence-corrected chi connectivity index (χ3v) is 11.1. The van der Waals surface area contributed by atoms with Crippen molar-refractivity contribution < 1.29 is 12.9 Å². The average Bonchev–Trinajstić information content (AvgIpc) is 2.22. The van der Waals surface area contributed by atoms with E-state index in [-0.39, 0.29) is 0 Å². The van der Waals surface area contributed by atoms with E-state index in [1.165, 1.54) is 25.7 Å². The van der Waals surface area contributed by atoms with Gasteiger partial charge in [0.05, 0.1) is 11.8 Å². The quantitative estimate of drug-likeness (QED) is 0.391. The monoisotopic (exact) mass is 380 g/mol. The maximum absolute atomic E-state index is 6.55. The van der Waals surface area contributed by atoms with Gasteiger partial charge in [-0.3, -0.25) is 0 Å². The maximum Gasteiger partial charge on any atom is 0.191 e. The highest BCUT2D eigenvalue weighted by Gasteiger charge is 2.40. The summed E-state index contributed by atoms with van der Waals surface area (Å²) in [5, 5.41) is 0. The Hall–Kier alpha value is 0.961. The molecule has 2 unspecified atom stereocenters. The van der Waals surface area contributed by atoms with Crippen LogP contribution < -0.4 is 0 Å². The molecule has 3 nitrogen and oxygen atoms in total. The zero-order valence-corrected chi connectivity index (χ0v) is 20.0. The number of rotatable bonds is 7. The van der Waals surface area contributed by atoms with Gasteiger partial charge in [-0.2, -0.15) is 0 Å². The third-order valence-electron chi connectivity index (χ3n) is 3.17. The predicted octanol–water partition coefficient (Wildman–Crippen LogP) is 6.16. The summed E-state index contributed by atoms with van der Waals surface area (Å²) in [6, 6.07) is 0. The van der Waals surface area contributed by atoms with Crippen LogP contribution in [0.4, 0.5) is 0 Å². The third kappa shape index (κ3) is 8.71. The first-order valence-corrected chi connectivity index (χ1v) is 20.1. The van der Waals surface area contributed by atoms with Gasteiger partial charge < -0.3 is 12.9 Å². The standard InChI is InChI=1S/C15H37O3PSi3/c1-20(2,3)16-14-12-10-11-13-15(14)19(17-21(4,5)6)18-22(7,8)9/h14-15H,10-13H2,1-9H3. The van der Waals surface area contributed by atoms with E-state index in [0.717, 1.165) is 0 Å². The Kier molecular flexibility index (Phi) is 7.54. The summed E-state index contributed by atoms with van der Waals surface area (Å²) in [6.45, 7) is 20.5. The molecule has 0 amide bonds. The lowest BCUT2D eigenvalue weighted by atomic mass is 9.97. The van der Waals surface area contributed by atoms with E-state index in [1.807, 2.05) is 0 Å². The van der Waals surface area contributed by atoms with E-state index in [0.29, 0.717) is 11.8 Å². The summed E-state index contributed by atoms with van der Waals surface area (Å²) in [6.07, 6.45) is 5.31. The molecule has 1 rings (SSSR count). The van der Waals surface area contributed by atoms with Crippen molar-refractivity contribution in [2.75, 3.05) is 0 Å². The van der Waals surface area contributed by atoms with Crippen molar-refractivity contribution >= 4 is 33.3 Å². The first-order chi connectivity index (χ1) is 9.77. The molecular weight excluding hydrogens is 343 g/mol. The Bertz CT molecular complexity index is 331. The maximum atomic E-state index is 6.55. The van der Waals surface area contributed by atoms with Gasteiger partial charge in [0.15, 0.2) is 33.3 Å². The zero-order chi connectivity index (χ0) is 17.2. The summed E-state index contributed by atoms with van der Waals surface area (Å²) in [7, 11) is -5.58. The number of hydrogen-bond acceptors (Lipinski definition) is 3. The first kappa shape index (κ1) is 21.0. The van der Waals surface area contributed by atoms with Gasteiger partial charge in [0.2, 0.25) is 0 Å². The molecule has 1 saturated carbocycles. The fourth-order valence-electron chi connectivity index (χ4n) is 2.60. The Balaban J connectivity index is 2.92. The minimum absolute atomic E-state index is 0.347. The van der Waals surface area contributed by atoms with E-state index < -0.39 is 33.3 Å². The molecule has 0 spiro atoms. The van der Waals surface area contributed by atoms with Crippen LogP contribution in [0.3, 0.4) is 0 Å². The van der Waals surface area contributed by atoms with Gasteiger partial charge in [-0.1, -0.05) is 12.8 Å². The van der Waals surface area contributed by atoms with Gasteiger partial charge >= 0.3 is 0 Å². The molecule has 0 heterocycles. The van der Waals surface area contributed by atoms with E-state index in [2.05, 4.69) is 58.9 Å². The Morgan fingerprint density at radius 2 is 1.14 bits per heavy atom. The topological polar surface area (TPSA) is 27.7 Å². The summed E-state index contributed by atoms with van der Waals surface area (Å²) in [4.78, 5) is 0. The van der Waals surface area contributed by atoms with E-state index in [4.69, 9.17) is 12.9 Å². The molecule has 0 saturated heterocycles. The Morgan fingerprint density at radius 3 is 1.55 bits per heavy atom. The van der Waals surface area contributed by atoms with Crippen molar-refractivity contribution in [2.24, 2.45) is 0 Å². The fraction of sp³-hybridized carbons (Fsp3) is 1.00. The van der Waals surface area contributed by atoms with Crippen LogP contribution in [0, 0.1) is 0 Å². The van der Waals surface area contributed by atoms with Crippen LogP contribution in [0.1, 0.15) is 25.7 Å². The largest absolute Gasteiger partial charge is 0.414 e. The highest BCUT2D eigenvalue weighted by molar-refractivity contribution is 7.51. The summed E-state index contributed by atoms with van der Waals surface area (Å²) in [5.41, 5.74) is 0.467. The van der Waals surface area contributed by atoms with E-state index in [9.17, 15) is 0 Å². The molecule has 132 valence electrons. The minimum Gasteiger partial charge on any atom is -0.414 e. The van der Waals surface area contributed by atoms with Crippen LogP contribution in [0.2, 0.25) is 58.9 Å². The second-order valence-electron chi connectivity index (χ2n) is 9.31. The Morgan fingerprint density at radius 1 is 0.682 bits per heavy atom. The molecule has 0 N–H and O–H groups in total. The summed E-state index contributed by atoms with van der Waals surface area (Å²) < 4.78 is 19.6. The van der Waals surface area contributed by atoms with Crippen molar-refractivity contribution in [3.8, 4) is 0 Å². The lowest BCUT2D eigenvalue weighted by Crippen LogP contribution is -2.42. The average molecular weight is 381 g/mol. The van der Waals surface area contributed by atoms with E-state index >= 15 is 0 Å². The van der Waals surface area contributed by atoms with E-state index in [1.54, 1.807) is 0 Å². The van der Waals surface area contributed by atoms with Crippen LogP contribution in [0.25, 0.3) is 0 Å². The lowest BCUT2D eigenvalue weighted by Gasteiger charge is -2.42. The highest BCUT2D eigenvalue weighted by Crippen LogP contribution is 2.54. The molecule has 0 radical (unpaired) electrons.